The van der Waals surface area contributed by atoms with Crippen LogP contribution in [-0.4, -0.2) is 25.3 Å². The molecule has 1 fully saturated rings. The fourth-order valence-corrected chi connectivity index (χ4v) is 4.92. The SMILES string of the molecule is CCC(C)(C)C1CCCN1S(=O)(=O)Cc1ccccc1. The summed E-state index contributed by atoms with van der Waals surface area (Å²) in [5, 5.41) is 0. The van der Waals surface area contributed by atoms with E-state index in [2.05, 4.69) is 20.8 Å². The average molecular weight is 295 g/mol. The highest BCUT2D eigenvalue weighted by Crippen LogP contribution is 2.37. The molecule has 1 heterocycles. The van der Waals surface area contributed by atoms with Gasteiger partial charge in [-0.1, -0.05) is 51.1 Å². The molecule has 1 unspecified atom stereocenters. The lowest BCUT2D eigenvalue weighted by Crippen LogP contribution is -2.44. The third-order valence-corrected chi connectivity index (χ3v) is 6.42. The summed E-state index contributed by atoms with van der Waals surface area (Å²) in [7, 11) is -3.22. The molecule has 0 spiro atoms. The zero-order chi connectivity index (χ0) is 14.8. The van der Waals surface area contributed by atoms with Crippen molar-refractivity contribution in [2.75, 3.05) is 6.54 Å². The highest BCUT2D eigenvalue weighted by atomic mass is 32.2. The molecular weight excluding hydrogens is 270 g/mol. The zero-order valence-electron chi connectivity index (χ0n) is 12.7. The second kappa shape index (κ2) is 5.86. The van der Waals surface area contributed by atoms with E-state index in [0.29, 0.717) is 6.54 Å². The summed E-state index contributed by atoms with van der Waals surface area (Å²) in [6, 6.07) is 9.60. The molecule has 1 saturated heterocycles. The maximum absolute atomic E-state index is 12.7. The van der Waals surface area contributed by atoms with Crippen molar-refractivity contribution < 1.29 is 8.42 Å². The van der Waals surface area contributed by atoms with Crippen LogP contribution >= 0.6 is 0 Å². The summed E-state index contributed by atoms with van der Waals surface area (Å²) in [5.74, 6) is 0.115. The summed E-state index contributed by atoms with van der Waals surface area (Å²) in [5.41, 5.74) is 0.910. The van der Waals surface area contributed by atoms with Crippen molar-refractivity contribution in [3.8, 4) is 0 Å². The maximum atomic E-state index is 12.7. The number of nitrogens with zero attached hydrogens (tertiary/aromatic N) is 1. The Morgan fingerprint density at radius 2 is 1.90 bits per heavy atom. The third kappa shape index (κ3) is 3.23. The molecule has 0 N–H and O–H groups in total. The van der Waals surface area contributed by atoms with Gasteiger partial charge in [0.05, 0.1) is 5.75 Å². The topological polar surface area (TPSA) is 37.4 Å². The van der Waals surface area contributed by atoms with E-state index in [1.165, 1.54) is 0 Å². The molecule has 1 aliphatic rings. The Morgan fingerprint density at radius 3 is 2.50 bits per heavy atom. The Labute approximate surface area is 123 Å². The van der Waals surface area contributed by atoms with Gasteiger partial charge in [-0.05, 0) is 30.2 Å². The number of sulfonamides is 1. The van der Waals surface area contributed by atoms with Gasteiger partial charge in [-0.3, -0.25) is 0 Å². The van der Waals surface area contributed by atoms with Crippen LogP contribution < -0.4 is 0 Å². The predicted molar refractivity (Wildman–Crippen MR) is 82.9 cm³/mol. The Kier molecular flexibility index (Phi) is 4.55. The van der Waals surface area contributed by atoms with Gasteiger partial charge in [0.15, 0.2) is 0 Å². The smallest absolute Gasteiger partial charge is 0.212 e. The van der Waals surface area contributed by atoms with Crippen LogP contribution in [0, 0.1) is 5.41 Å². The van der Waals surface area contributed by atoms with Crippen LogP contribution in [0.4, 0.5) is 0 Å². The van der Waals surface area contributed by atoms with E-state index < -0.39 is 10.0 Å². The second-order valence-electron chi connectivity index (χ2n) is 6.35. The Morgan fingerprint density at radius 1 is 1.25 bits per heavy atom. The first-order valence-corrected chi connectivity index (χ1v) is 9.01. The largest absolute Gasteiger partial charge is 0.218 e. The summed E-state index contributed by atoms with van der Waals surface area (Å²) in [6.45, 7) is 7.16. The summed E-state index contributed by atoms with van der Waals surface area (Å²) < 4.78 is 27.2. The van der Waals surface area contributed by atoms with E-state index in [4.69, 9.17) is 0 Å². The number of rotatable bonds is 5. The van der Waals surface area contributed by atoms with Crippen LogP contribution in [0.2, 0.25) is 0 Å². The summed E-state index contributed by atoms with van der Waals surface area (Å²) in [4.78, 5) is 0. The van der Waals surface area contributed by atoms with Crippen LogP contribution in [0.15, 0.2) is 30.3 Å². The molecule has 2 rings (SSSR count). The summed E-state index contributed by atoms with van der Waals surface area (Å²) >= 11 is 0. The number of hydrogen-bond donors (Lipinski definition) is 0. The molecule has 3 nitrogen and oxygen atoms in total. The molecule has 1 aliphatic heterocycles. The lowest BCUT2D eigenvalue weighted by atomic mass is 9.81. The van der Waals surface area contributed by atoms with E-state index in [0.717, 1.165) is 24.8 Å². The van der Waals surface area contributed by atoms with Gasteiger partial charge in [-0.15, -0.1) is 0 Å². The molecule has 0 radical (unpaired) electrons. The van der Waals surface area contributed by atoms with Crippen molar-refractivity contribution in [2.45, 2.75) is 51.8 Å². The van der Waals surface area contributed by atoms with Crippen molar-refractivity contribution in [2.24, 2.45) is 5.41 Å². The Hall–Kier alpha value is -0.870. The van der Waals surface area contributed by atoms with Crippen LogP contribution in [0.1, 0.15) is 45.6 Å². The van der Waals surface area contributed by atoms with Gasteiger partial charge in [0, 0.05) is 12.6 Å². The van der Waals surface area contributed by atoms with E-state index in [1.54, 1.807) is 4.31 Å². The van der Waals surface area contributed by atoms with Gasteiger partial charge in [0.25, 0.3) is 0 Å². The van der Waals surface area contributed by atoms with Crippen LogP contribution in [0.25, 0.3) is 0 Å². The molecule has 0 bridgehead atoms. The van der Waals surface area contributed by atoms with Crippen molar-refractivity contribution >= 4 is 10.0 Å². The van der Waals surface area contributed by atoms with Gasteiger partial charge in [0.2, 0.25) is 10.0 Å². The van der Waals surface area contributed by atoms with Crippen molar-refractivity contribution in [3.05, 3.63) is 35.9 Å². The first-order chi connectivity index (χ1) is 9.37. The second-order valence-corrected chi connectivity index (χ2v) is 8.27. The van der Waals surface area contributed by atoms with Gasteiger partial charge >= 0.3 is 0 Å². The maximum Gasteiger partial charge on any atom is 0.218 e. The molecule has 112 valence electrons. The van der Waals surface area contributed by atoms with Crippen LogP contribution in [0.5, 0.6) is 0 Å². The van der Waals surface area contributed by atoms with E-state index in [1.807, 2.05) is 30.3 Å². The molecule has 0 amide bonds. The number of hydrogen-bond acceptors (Lipinski definition) is 2. The minimum atomic E-state index is -3.22. The van der Waals surface area contributed by atoms with Gasteiger partial charge in [-0.2, -0.15) is 4.31 Å². The van der Waals surface area contributed by atoms with E-state index >= 15 is 0 Å². The zero-order valence-corrected chi connectivity index (χ0v) is 13.5. The fraction of sp³-hybridized carbons (Fsp3) is 0.625. The first-order valence-electron chi connectivity index (χ1n) is 7.40. The Bertz CT molecular complexity index is 537. The first kappa shape index (κ1) is 15.5. The van der Waals surface area contributed by atoms with Crippen molar-refractivity contribution in [1.82, 2.24) is 4.31 Å². The van der Waals surface area contributed by atoms with Crippen LogP contribution in [0.3, 0.4) is 0 Å². The summed E-state index contributed by atoms with van der Waals surface area (Å²) in [6.07, 6.45) is 2.95. The third-order valence-electron chi connectivity index (χ3n) is 4.57. The molecule has 1 atom stereocenters. The average Bonchev–Trinajstić information content (AvgIpc) is 2.90. The quantitative estimate of drug-likeness (QED) is 0.834. The number of benzene rings is 1. The molecule has 4 heteroatoms. The molecular formula is C16H25NO2S. The molecule has 20 heavy (non-hydrogen) atoms. The standard InChI is InChI=1S/C16H25NO2S/c1-4-16(2,3)15-11-8-12-17(15)20(18,19)13-14-9-6-5-7-10-14/h5-7,9-10,15H,4,8,11-13H2,1-3H3. The normalized spacial score (nSPS) is 21.2. The fourth-order valence-electron chi connectivity index (χ4n) is 2.96. The molecule has 1 aromatic rings. The van der Waals surface area contributed by atoms with Gasteiger partial charge < -0.3 is 0 Å². The predicted octanol–water partition coefficient (Wildman–Crippen LogP) is 3.42. The van der Waals surface area contributed by atoms with Gasteiger partial charge in [-0.25, -0.2) is 8.42 Å². The van der Waals surface area contributed by atoms with Crippen molar-refractivity contribution in [3.63, 3.8) is 0 Å². The lowest BCUT2D eigenvalue weighted by Gasteiger charge is -2.36. The van der Waals surface area contributed by atoms with Crippen LogP contribution in [-0.2, 0) is 15.8 Å². The lowest BCUT2D eigenvalue weighted by molar-refractivity contribution is 0.187. The molecule has 1 aromatic carbocycles. The highest BCUT2D eigenvalue weighted by Gasteiger charge is 2.41. The highest BCUT2D eigenvalue weighted by molar-refractivity contribution is 7.88. The molecule has 0 aliphatic carbocycles. The minimum Gasteiger partial charge on any atom is -0.212 e. The van der Waals surface area contributed by atoms with E-state index in [9.17, 15) is 8.42 Å². The monoisotopic (exact) mass is 295 g/mol. The molecule has 0 aromatic heterocycles. The van der Waals surface area contributed by atoms with Gasteiger partial charge in [0.1, 0.15) is 0 Å². The molecule has 0 saturated carbocycles. The Balaban J connectivity index is 2.21. The van der Waals surface area contributed by atoms with Crippen molar-refractivity contribution in [1.29, 1.82) is 0 Å². The van der Waals surface area contributed by atoms with E-state index in [-0.39, 0.29) is 17.2 Å². The minimum absolute atomic E-state index is 0.0419.